The molecule has 0 atom stereocenters. The maximum absolute atomic E-state index is 11.1. The van der Waals surface area contributed by atoms with Crippen molar-refractivity contribution in [3.8, 4) is 0 Å². The molecular weight excluding hydrogens is 194 g/mol. The van der Waals surface area contributed by atoms with Gasteiger partial charge < -0.3 is 10.1 Å². The van der Waals surface area contributed by atoms with Crippen molar-refractivity contribution in [3.63, 3.8) is 0 Å². The van der Waals surface area contributed by atoms with Gasteiger partial charge in [0.05, 0.1) is 6.61 Å². The molecule has 0 bridgehead atoms. The molecule has 0 aliphatic heterocycles. The SMILES string of the molecule is CCCNC(=O)C(=O)OCCCC(C)C. The lowest BCUT2D eigenvalue weighted by Crippen LogP contribution is -2.33. The lowest BCUT2D eigenvalue weighted by molar-refractivity contribution is -0.155. The zero-order valence-electron chi connectivity index (χ0n) is 9.84. The van der Waals surface area contributed by atoms with Crippen molar-refractivity contribution in [3.05, 3.63) is 0 Å². The van der Waals surface area contributed by atoms with E-state index in [1.807, 2.05) is 6.92 Å². The minimum absolute atomic E-state index is 0.330. The molecule has 0 unspecified atom stereocenters. The van der Waals surface area contributed by atoms with Gasteiger partial charge >= 0.3 is 11.9 Å². The van der Waals surface area contributed by atoms with Crippen molar-refractivity contribution in [1.82, 2.24) is 5.32 Å². The molecule has 4 nitrogen and oxygen atoms in total. The third-order valence-corrected chi connectivity index (χ3v) is 1.88. The van der Waals surface area contributed by atoms with E-state index < -0.39 is 11.9 Å². The number of carbonyl (C=O) groups excluding carboxylic acids is 2. The van der Waals surface area contributed by atoms with E-state index in [-0.39, 0.29) is 0 Å². The van der Waals surface area contributed by atoms with Gasteiger partial charge in [-0.25, -0.2) is 4.79 Å². The van der Waals surface area contributed by atoms with Gasteiger partial charge in [-0.2, -0.15) is 0 Å². The summed E-state index contributed by atoms with van der Waals surface area (Å²) < 4.78 is 4.80. The van der Waals surface area contributed by atoms with E-state index in [4.69, 9.17) is 4.74 Å². The van der Waals surface area contributed by atoms with Gasteiger partial charge in [0, 0.05) is 6.54 Å². The van der Waals surface area contributed by atoms with E-state index in [0.717, 1.165) is 19.3 Å². The fraction of sp³-hybridized carbons (Fsp3) is 0.818. The number of carbonyl (C=O) groups is 2. The highest BCUT2D eigenvalue weighted by atomic mass is 16.5. The molecular formula is C11H21NO3. The molecule has 0 rings (SSSR count). The van der Waals surface area contributed by atoms with Crippen LogP contribution < -0.4 is 5.32 Å². The van der Waals surface area contributed by atoms with Gasteiger partial charge in [0.15, 0.2) is 0 Å². The number of rotatable bonds is 6. The first-order chi connectivity index (χ1) is 7.07. The van der Waals surface area contributed by atoms with Crippen LogP contribution in [0.1, 0.15) is 40.0 Å². The summed E-state index contributed by atoms with van der Waals surface area (Å²) in [6, 6.07) is 0. The smallest absolute Gasteiger partial charge is 0.396 e. The molecule has 0 aromatic carbocycles. The molecule has 0 spiro atoms. The van der Waals surface area contributed by atoms with E-state index in [0.29, 0.717) is 19.1 Å². The molecule has 1 amide bonds. The summed E-state index contributed by atoms with van der Waals surface area (Å²) >= 11 is 0. The zero-order chi connectivity index (χ0) is 11.7. The van der Waals surface area contributed by atoms with Gasteiger partial charge in [-0.05, 0) is 25.2 Å². The van der Waals surface area contributed by atoms with Crippen LogP contribution in [0.5, 0.6) is 0 Å². The van der Waals surface area contributed by atoms with Crippen LogP contribution in [0.15, 0.2) is 0 Å². The Morgan fingerprint density at radius 1 is 1.33 bits per heavy atom. The Morgan fingerprint density at radius 3 is 2.53 bits per heavy atom. The molecule has 0 saturated heterocycles. The molecule has 0 radical (unpaired) electrons. The molecule has 4 heteroatoms. The fourth-order valence-electron chi connectivity index (χ4n) is 1.03. The minimum Gasteiger partial charge on any atom is -0.459 e. The van der Waals surface area contributed by atoms with Crippen LogP contribution in [0.3, 0.4) is 0 Å². The Balaban J connectivity index is 3.51. The summed E-state index contributed by atoms with van der Waals surface area (Å²) in [5.41, 5.74) is 0. The number of hydrogen-bond acceptors (Lipinski definition) is 3. The Hall–Kier alpha value is -1.06. The van der Waals surface area contributed by atoms with E-state index in [2.05, 4.69) is 19.2 Å². The van der Waals surface area contributed by atoms with Crippen LogP contribution in [-0.2, 0) is 14.3 Å². The first-order valence-electron chi connectivity index (χ1n) is 5.52. The summed E-state index contributed by atoms with van der Waals surface area (Å²) in [4.78, 5) is 22.1. The summed E-state index contributed by atoms with van der Waals surface area (Å²) in [5.74, 6) is -0.814. The van der Waals surface area contributed by atoms with Crippen LogP contribution in [0.4, 0.5) is 0 Å². The van der Waals surface area contributed by atoms with Crippen LogP contribution >= 0.6 is 0 Å². The normalized spacial score (nSPS) is 10.1. The van der Waals surface area contributed by atoms with Gasteiger partial charge in [0.25, 0.3) is 0 Å². The maximum atomic E-state index is 11.1. The highest BCUT2D eigenvalue weighted by Gasteiger charge is 2.13. The number of hydrogen-bond donors (Lipinski definition) is 1. The number of ether oxygens (including phenoxy) is 1. The zero-order valence-corrected chi connectivity index (χ0v) is 9.84. The molecule has 0 aliphatic carbocycles. The largest absolute Gasteiger partial charge is 0.459 e. The van der Waals surface area contributed by atoms with Crippen molar-refractivity contribution >= 4 is 11.9 Å². The first-order valence-corrected chi connectivity index (χ1v) is 5.52. The average molecular weight is 215 g/mol. The Kier molecular flexibility index (Phi) is 7.68. The fourth-order valence-corrected chi connectivity index (χ4v) is 1.03. The molecule has 0 aromatic rings. The molecule has 0 saturated carbocycles. The van der Waals surface area contributed by atoms with Crippen molar-refractivity contribution in [1.29, 1.82) is 0 Å². The van der Waals surface area contributed by atoms with Gasteiger partial charge in [0.1, 0.15) is 0 Å². The quantitative estimate of drug-likeness (QED) is 0.415. The van der Waals surface area contributed by atoms with Gasteiger partial charge in [-0.3, -0.25) is 4.79 Å². The monoisotopic (exact) mass is 215 g/mol. The Bertz CT molecular complexity index is 202. The Morgan fingerprint density at radius 2 is 2.00 bits per heavy atom. The lowest BCUT2D eigenvalue weighted by Gasteiger charge is -2.06. The standard InChI is InChI=1S/C11H21NO3/c1-4-7-12-10(13)11(14)15-8-5-6-9(2)3/h9H,4-8H2,1-3H3,(H,12,13). The predicted molar refractivity (Wildman–Crippen MR) is 58.3 cm³/mol. The molecule has 15 heavy (non-hydrogen) atoms. The topological polar surface area (TPSA) is 55.4 Å². The highest BCUT2D eigenvalue weighted by molar-refractivity contribution is 6.32. The second-order valence-corrected chi connectivity index (χ2v) is 3.93. The molecule has 0 heterocycles. The second kappa shape index (κ2) is 8.26. The van der Waals surface area contributed by atoms with Crippen LogP contribution in [0, 0.1) is 5.92 Å². The van der Waals surface area contributed by atoms with Crippen molar-refractivity contribution in [2.45, 2.75) is 40.0 Å². The summed E-state index contributed by atoms with van der Waals surface area (Å²) in [6.07, 6.45) is 2.63. The van der Waals surface area contributed by atoms with Crippen LogP contribution in [-0.4, -0.2) is 25.0 Å². The van der Waals surface area contributed by atoms with Gasteiger partial charge in [0.2, 0.25) is 0 Å². The number of nitrogens with one attached hydrogen (secondary N) is 1. The molecule has 0 aliphatic rings. The summed E-state index contributed by atoms with van der Waals surface area (Å²) in [6.45, 7) is 6.98. The predicted octanol–water partition coefficient (Wildman–Crippen LogP) is 1.49. The maximum Gasteiger partial charge on any atom is 0.396 e. The first kappa shape index (κ1) is 13.9. The lowest BCUT2D eigenvalue weighted by atomic mass is 10.1. The summed E-state index contributed by atoms with van der Waals surface area (Å²) in [5, 5.41) is 2.47. The number of esters is 1. The molecule has 0 aromatic heterocycles. The van der Waals surface area contributed by atoms with Crippen molar-refractivity contribution in [2.24, 2.45) is 5.92 Å². The minimum atomic E-state index is -0.771. The third kappa shape index (κ3) is 7.97. The van der Waals surface area contributed by atoms with Crippen LogP contribution in [0.25, 0.3) is 0 Å². The summed E-state index contributed by atoms with van der Waals surface area (Å²) in [7, 11) is 0. The van der Waals surface area contributed by atoms with Gasteiger partial charge in [-0.15, -0.1) is 0 Å². The van der Waals surface area contributed by atoms with E-state index in [1.54, 1.807) is 0 Å². The Labute approximate surface area is 91.4 Å². The highest BCUT2D eigenvalue weighted by Crippen LogP contribution is 2.02. The number of amides is 1. The van der Waals surface area contributed by atoms with E-state index >= 15 is 0 Å². The molecule has 88 valence electrons. The van der Waals surface area contributed by atoms with Crippen molar-refractivity contribution < 1.29 is 14.3 Å². The van der Waals surface area contributed by atoms with E-state index in [9.17, 15) is 9.59 Å². The van der Waals surface area contributed by atoms with Crippen molar-refractivity contribution in [2.75, 3.05) is 13.2 Å². The van der Waals surface area contributed by atoms with Gasteiger partial charge in [-0.1, -0.05) is 20.8 Å². The van der Waals surface area contributed by atoms with Crippen LogP contribution in [0.2, 0.25) is 0 Å². The molecule has 0 fully saturated rings. The second-order valence-electron chi connectivity index (χ2n) is 3.93. The third-order valence-electron chi connectivity index (χ3n) is 1.88. The van der Waals surface area contributed by atoms with E-state index in [1.165, 1.54) is 0 Å². The molecule has 1 N–H and O–H groups in total. The average Bonchev–Trinajstić information content (AvgIpc) is 2.20.